The summed E-state index contributed by atoms with van der Waals surface area (Å²) < 4.78 is 6.35. The zero-order valence-electron chi connectivity index (χ0n) is 19.3. The number of rotatable bonds is 7. The Kier molecular flexibility index (Phi) is 6.52. The van der Waals surface area contributed by atoms with Crippen LogP contribution in [0.1, 0.15) is 12.1 Å². The molecule has 0 aliphatic heterocycles. The maximum absolute atomic E-state index is 10.6. The first-order chi connectivity index (χ1) is 17.0. The van der Waals surface area contributed by atoms with Crippen LogP contribution in [0.3, 0.4) is 0 Å². The van der Waals surface area contributed by atoms with E-state index >= 15 is 0 Å². The van der Waals surface area contributed by atoms with Crippen molar-refractivity contribution in [3.63, 3.8) is 0 Å². The molecule has 2 aromatic heterocycles. The number of aliphatic hydroxyl groups is 3. The van der Waals surface area contributed by atoms with E-state index in [2.05, 4.69) is 15.6 Å². The average Bonchev–Trinajstić information content (AvgIpc) is 3.40. The van der Waals surface area contributed by atoms with Crippen LogP contribution in [0.5, 0.6) is 5.75 Å². The average molecular weight is 494 g/mol. The van der Waals surface area contributed by atoms with E-state index in [4.69, 9.17) is 14.7 Å². The molecule has 0 unspecified atom stereocenters. The fourth-order valence-electron chi connectivity index (χ4n) is 4.42. The van der Waals surface area contributed by atoms with Gasteiger partial charge in [-0.3, -0.25) is 0 Å². The fourth-order valence-corrected chi connectivity index (χ4v) is 5.49. The van der Waals surface area contributed by atoms with Gasteiger partial charge in [0.2, 0.25) is 5.95 Å². The molecule has 1 aliphatic rings. The number of anilines is 3. The van der Waals surface area contributed by atoms with Gasteiger partial charge in [0.1, 0.15) is 22.7 Å². The minimum absolute atomic E-state index is 0.202. The molecule has 9 nitrogen and oxygen atoms in total. The number of aryl methyl sites for hydroxylation is 1. The first kappa shape index (κ1) is 23.4. The minimum atomic E-state index is -1.04. The largest absolute Gasteiger partial charge is 0.497 e. The van der Waals surface area contributed by atoms with Crippen LogP contribution < -0.4 is 15.4 Å². The maximum Gasteiger partial charge on any atom is 0.229 e. The molecule has 5 rings (SSSR count). The maximum atomic E-state index is 10.6. The number of hydrogen-bond donors (Lipinski definition) is 5. The molecule has 35 heavy (non-hydrogen) atoms. The van der Waals surface area contributed by atoms with E-state index < -0.39 is 24.2 Å². The van der Waals surface area contributed by atoms with Crippen LogP contribution in [0, 0.1) is 12.8 Å². The zero-order valence-corrected chi connectivity index (χ0v) is 20.2. The van der Waals surface area contributed by atoms with Crippen LogP contribution in [0.15, 0.2) is 48.5 Å². The van der Waals surface area contributed by atoms with Gasteiger partial charge in [0.05, 0.1) is 40.7 Å². The van der Waals surface area contributed by atoms with E-state index in [0.717, 1.165) is 26.5 Å². The molecular weight excluding hydrogens is 466 g/mol. The summed E-state index contributed by atoms with van der Waals surface area (Å²) in [5, 5.41) is 37.8. The second-order valence-corrected chi connectivity index (χ2v) is 9.64. The summed E-state index contributed by atoms with van der Waals surface area (Å²) in [6.07, 6.45) is -1.65. The summed E-state index contributed by atoms with van der Waals surface area (Å²) in [5.74, 6) is 1.16. The number of fused-ring (bicyclic) bond motifs is 1. The van der Waals surface area contributed by atoms with Crippen molar-refractivity contribution >= 4 is 39.0 Å². The lowest BCUT2D eigenvalue weighted by Gasteiger charge is -2.21. The molecule has 0 radical (unpaired) electrons. The normalized spacial score (nSPS) is 21.9. The lowest BCUT2D eigenvalue weighted by Crippen LogP contribution is -2.35. The Hall–Kier alpha value is -3.31. The van der Waals surface area contributed by atoms with E-state index in [1.165, 1.54) is 11.3 Å². The highest BCUT2D eigenvalue weighted by Gasteiger charge is 2.41. The number of nitrogens with zero attached hydrogens (tertiary/aromatic N) is 3. The molecule has 2 aromatic carbocycles. The molecule has 4 atom stereocenters. The molecule has 1 fully saturated rings. The van der Waals surface area contributed by atoms with Gasteiger partial charge in [-0.25, -0.2) is 9.97 Å². The number of benzene rings is 2. The van der Waals surface area contributed by atoms with Crippen molar-refractivity contribution in [2.75, 3.05) is 24.4 Å². The van der Waals surface area contributed by atoms with Crippen LogP contribution >= 0.6 is 11.3 Å². The molecule has 0 saturated heterocycles. The standard InChI is InChI=1S/C25H27N5O4S/c1-13-20(24-29-17-8-3-4-9-19(17)35-24)23(28-18-10-14(12-31)21(32)22(18)33)30-25(26-13)27-15-6-5-7-16(11-15)34-2/h3-9,11,14,18,21-22,31-33H,10,12H2,1-2H3,(H2,26,27,28,30)/t14-,18-,21-,22+/m1/s1. The summed E-state index contributed by atoms with van der Waals surface area (Å²) in [6, 6.07) is 14.9. The highest BCUT2D eigenvalue weighted by molar-refractivity contribution is 7.21. The number of aromatic nitrogens is 3. The van der Waals surface area contributed by atoms with Crippen LogP contribution in [-0.4, -0.2) is 62.2 Å². The van der Waals surface area contributed by atoms with Crippen LogP contribution in [-0.2, 0) is 0 Å². The summed E-state index contributed by atoms with van der Waals surface area (Å²) in [7, 11) is 1.61. The van der Waals surface area contributed by atoms with E-state index in [0.29, 0.717) is 29.6 Å². The fraction of sp³-hybridized carbons (Fsp3) is 0.320. The Morgan fingerprint density at radius 2 is 1.89 bits per heavy atom. The lowest BCUT2D eigenvalue weighted by atomic mass is 10.1. The predicted molar refractivity (Wildman–Crippen MR) is 136 cm³/mol. The van der Waals surface area contributed by atoms with Crippen molar-refractivity contribution < 1.29 is 20.1 Å². The Bertz CT molecular complexity index is 1310. The second-order valence-electron chi connectivity index (χ2n) is 8.61. The van der Waals surface area contributed by atoms with E-state index in [1.54, 1.807) is 7.11 Å². The Labute approximate surface area is 206 Å². The molecule has 0 amide bonds. The number of methoxy groups -OCH3 is 1. The van der Waals surface area contributed by atoms with Gasteiger partial charge in [0.15, 0.2) is 0 Å². The molecule has 1 aliphatic carbocycles. The Balaban J connectivity index is 1.56. The zero-order chi connectivity index (χ0) is 24.5. The molecular formula is C25H27N5O4S. The third kappa shape index (κ3) is 4.65. The molecule has 4 aromatic rings. The summed E-state index contributed by atoms with van der Waals surface area (Å²) in [6.45, 7) is 1.69. The molecule has 0 spiro atoms. The minimum Gasteiger partial charge on any atom is -0.497 e. The molecule has 0 bridgehead atoms. The molecule has 5 N–H and O–H groups in total. The first-order valence-corrected chi connectivity index (χ1v) is 12.2. The van der Waals surface area contributed by atoms with Gasteiger partial charge < -0.3 is 30.7 Å². The summed E-state index contributed by atoms with van der Waals surface area (Å²) in [4.78, 5) is 14.2. The number of aliphatic hydroxyl groups excluding tert-OH is 3. The molecule has 1 saturated carbocycles. The van der Waals surface area contributed by atoms with Crippen molar-refractivity contribution in [2.45, 2.75) is 31.6 Å². The van der Waals surface area contributed by atoms with Gasteiger partial charge in [-0.15, -0.1) is 11.3 Å². The Morgan fingerprint density at radius 3 is 2.63 bits per heavy atom. The van der Waals surface area contributed by atoms with E-state index in [9.17, 15) is 15.3 Å². The smallest absolute Gasteiger partial charge is 0.229 e. The molecule has 182 valence electrons. The van der Waals surface area contributed by atoms with Gasteiger partial charge in [0, 0.05) is 24.3 Å². The van der Waals surface area contributed by atoms with Crippen LogP contribution in [0.4, 0.5) is 17.5 Å². The molecule has 10 heteroatoms. The second kappa shape index (κ2) is 9.74. The first-order valence-electron chi connectivity index (χ1n) is 11.4. The number of thiazole rings is 1. The third-order valence-electron chi connectivity index (χ3n) is 6.28. The van der Waals surface area contributed by atoms with Gasteiger partial charge in [0.25, 0.3) is 0 Å². The highest BCUT2D eigenvalue weighted by atomic mass is 32.1. The van der Waals surface area contributed by atoms with Crippen molar-refractivity contribution in [3.8, 4) is 16.3 Å². The highest BCUT2D eigenvalue weighted by Crippen LogP contribution is 2.38. The number of para-hydroxylation sites is 1. The Morgan fingerprint density at radius 1 is 1.06 bits per heavy atom. The number of hydrogen-bond acceptors (Lipinski definition) is 10. The monoisotopic (exact) mass is 493 g/mol. The van der Waals surface area contributed by atoms with Crippen molar-refractivity contribution in [1.82, 2.24) is 15.0 Å². The lowest BCUT2D eigenvalue weighted by molar-refractivity contribution is 0.00446. The van der Waals surface area contributed by atoms with Crippen molar-refractivity contribution in [3.05, 3.63) is 54.2 Å². The van der Waals surface area contributed by atoms with Crippen LogP contribution in [0.2, 0.25) is 0 Å². The predicted octanol–water partition coefficient (Wildman–Crippen LogP) is 3.33. The summed E-state index contributed by atoms with van der Waals surface area (Å²) in [5.41, 5.74) is 3.09. The number of nitrogens with one attached hydrogen (secondary N) is 2. The number of ether oxygens (including phenoxy) is 1. The van der Waals surface area contributed by atoms with Gasteiger partial charge >= 0.3 is 0 Å². The molecule has 2 heterocycles. The van der Waals surface area contributed by atoms with Crippen molar-refractivity contribution in [2.24, 2.45) is 5.92 Å². The summed E-state index contributed by atoms with van der Waals surface area (Å²) >= 11 is 1.54. The van der Waals surface area contributed by atoms with E-state index in [1.807, 2.05) is 55.5 Å². The topological polar surface area (TPSA) is 133 Å². The van der Waals surface area contributed by atoms with Crippen molar-refractivity contribution in [1.29, 1.82) is 0 Å². The van der Waals surface area contributed by atoms with E-state index in [-0.39, 0.29) is 6.61 Å². The van der Waals surface area contributed by atoms with Gasteiger partial charge in [-0.05, 0) is 37.6 Å². The third-order valence-corrected chi connectivity index (χ3v) is 7.34. The van der Waals surface area contributed by atoms with Crippen LogP contribution in [0.25, 0.3) is 20.8 Å². The van der Waals surface area contributed by atoms with Gasteiger partial charge in [-0.1, -0.05) is 18.2 Å². The quantitative estimate of drug-likeness (QED) is 0.263. The SMILES string of the molecule is COc1cccc(Nc2nc(C)c(-c3nc4ccccc4s3)c(N[C@@H]3C[C@H](CO)[C@@H](O)[C@H]3O)n2)c1. The van der Waals surface area contributed by atoms with Gasteiger partial charge in [-0.2, -0.15) is 4.98 Å².